The van der Waals surface area contributed by atoms with Crippen LogP contribution in [0.2, 0.25) is 0 Å². The van der Waals surface area contributed by atoms with E-state index in [2.05, 4.69) is 10.2 Å². The van der Waals surface area contributed by atoms with Gasteiger partial charge in [0.15, 0.2) is 0 Å². The Hall–Kier alpha value is -2.88. The van der Waals surface area contributed by atoms with Crippen LogP contribution in [0.3, 0.4) is 0 Å². The number of hydrogen-bond donors (Lipinski definition) is 2. The smallest absolute Gasteiger partial charge is 0.269 e. The number of benzene rings is 2. The van der Waals surface area contributed by atoms with Crippen LogP contribution in [0.25, 0.3) is 0 Å². The molecule has 2 rings (SSSR count). The number of nitro groups is 1. The van der Waals surface area contributed by atoms with Crippen molar-refractivity contribution in [3.8, 4) is 5.75 Å². The maximum Gasteiger partial charge on any atom is 0.269 e. The summed E-state index contributed by atoms with van der Waals surface area (Å²) >= 11 is 0. The van der Waals surface area contributed by atoms with E-state index in [1.165, 1.54) is 24.3 Å². The van der Waals surface area contributed by atoms with Crippen LogP contribution in [0, 0.1) is 10.1 Å². The third kappa shape index (κ3) is 7.10. The van der Waals surface area contributed by atoms with Gasteiger partial charge in [-0.1, -0.05) is 0 Å². The summed E-state index contributed by atoms with van der Waals surface area (Å²) in [5, 5.41) is 36.7. The van der Waals surface area contributed by atoms with Crippen LogP contribution in [-0.2, 0) is 0 Å². The van der Waals surface area contributed by atoms with Crippen LogP contribution in [0.15, 0.2) is 58.8 Å². The van der Waals surface area contributed by atoms with Gasteiger partial charge >= 0.3 is 0 Å². The Morgan fingerprint density at radius 1 is 0.889 bits per heavy atom. The van der Waals surface area contributed by atoms with Crippen molar-refractivity contribution in [3.05, 3.63) is 58.6 Å². The van der Waals surface area contributed by atoms with Crippen molar-refractivity contribution in [1.82, 2.24) is 4.90 Å². The Morgan fingerprint density at radius 3 is 1.89 bits per heavy atom. The summed E-state index contributed by atoms with van der Waals surface area (Å²) < 4.78 is 5.64. The van der Waals surface area contributed by atoms with E-state index in [0.29, 0.717) is 43.4 Å². The fourth-order valence-electron chi connectivity index (χ4n) is 2.28. The van der Waals surface area contributed by atoms with Crippen LogP contribution in [0.1, 0.15) is 0 Å². The molecule has 0 aliphatic rings. The minimum atomic E-state index is -0.466. The Balaban J connectivity index is 1.84. The third-order valence-electron chi connectivity index (χ3n) is 3.69. The molecule has 0 aliphatic heterocycles. The van der Waals surface area contributed by atoms with Gasteiger partial charge in [0.05, 0.1) is 29.5 Å². The molecule has 0 aliphatic carbocycles. The van der Waals surface area contributed by atoms with Gasteiger partial charge in [0.1, 0.15) is 12.4 Å². The highest BCUT2D eigenvalue weighted by Crippen LogP contribution is 2.23. The Bertz CT molecular complexity index is 728. The molecule has 27 heavy (non-hydrogen) atoms. The van der Waals surface area contributed by atoms with E-state index in [4.69, 9.17) is 14.9 Å². The lowest BCUT2D eigenvalue weighted by Crippen LogP contribution is -2.33. The molecule has 2 N–H and O–H groups in total. The Labute approximate surface area is 156 Å². The minimum absolute atomic E-state index is 0.00648. The number of nitrogens with zero attached hydrogens (tertiary/aromatic N) is 4. The fourth-order valence-corrected chi connectivity index (χ4v) is 2.28. The van der Waals surface area contributed by atoms with Crippen molar-refractivity contribution in [2.75, 3.05) is 39.5 Å². The lowest BCUT2D eigenvalue weighted by molar-refractivity contribution is -0.384. The first kappa shape index (κ1) is 20.4. The molecule has 0 atom stereocenters. The van der Waals surface area contributed by atoms with Gasteiger partial charge in [0.25, 0.3) is 5.69 Å². The van der Waals surface area contributed by atoms with Gasteiger partial charge < -0.3 is 14.9 Å². The molecule has 2 aromatic carbocycles. The molecular formula is C18H22N4O5. The highest BCUT2D eigenvalue weighted by molar-refractivity contribution is 5.45. The predicted molar refractivity (Wildman–Crippen MR) is 99.8 cm³/mol. The largest absolute Gasteiger partial charge is 0.492 e. The number of non-ortho nitro benzene ring substituents is 1. The maximum absolute atomic E-state index is 10.6. The first-order chi connectivity index (χ1) is 13.1. The topological polar surface area (TPSA) is 121 Å². The molecule has 0 bridgehead atoms. The molecule has 0 amide bonds. The molecule has 0 saturated heterocycles. The van der Waals surface area contributed by atoms with Crippen molar-refractivity contribution in [2.24, 2.45) is 10.2 Å². The van der Waals surface area contributed by atoms with Crippen LogP contribution < -0.4 is 4.74 Å². The lowest BCUT2D eigenvalue weighted by atomic mass is 10.3. The number of aliphatic hydroxyl groups excluding tert-OH is 2. The van der Waals surface area contributed by atoms with Crippen LogP contribution in [-0.4, -0.2) is 59.5 Å². The highest BCUT2D eigenvalue weighted by Gasteiger charge is 2.04. The van der Waals surface area contributed by atoms with E-state index in [9.17, 15) is 10.1 Å². The molecule has 0 fully saturated rings. The van der Waals surface area contributed by atoms with Crippen molar-refractivity contribution >= 4 is 17.1 Å². The number of rotatable bonds is 11. The molecule has 9 heteroatoms. The summed E-state index contributed by atoms with van der Waals surface area (Å²) in [6.45, 7) is 2.09. The van der Waals surface area contributed by atoms with Gasteiger partial charge in [0, 0.05) is 31.8 Å². The molecule has 144 valence electrons. The van der Waals surface area contributed by atoms with Gasteiger partial charge in [-0.15, -0.1) is 0 Å². The number of ether oxygens (including phenoxy) is 1. The minimum Gasteiger partial charge on any atom is -0.492 e. The van der Waals surface area contributed by atoms with E-state index in [1.54, 1.807) is 24.3 Å². The zero-order chi connectivity index (χ0) is 19.5. The highest BCUT2D eigenvalue weighted by atomic mass is 16.6. The van der Waals surface area contributed by atoms with E-state index in [0.717, 1.165) is 0 Å². The van der Waals surface area contributed by atoms with Crippen molar-refractivity contribution in [1.29, 1.82) is 0 Å². The molecule has 0 radical (unpaired) electrons. The van der Waals surface area contributed by atoms with Gasteiger partial charge in [-0.3, -0.25) is 15.0 Å². The summed E-state index contributed by atoms with van der Waals surface area (Å²) in [6.07, 6.45) is 0. The van der Waals surface area contributed by atoms with Crippen molar-refractivity contribution in [2.45, 2.75) is 0 Å². The lowest BCUT2D eigenvalue weighted by Gasteiger charge is -2.20. The van der Waals surface area contributed by atoms with E-state index >= 15 is 0 Å². The molecule has 0 heterocycles. The molecule has 0 aromatic heterocycles. The zero-order valence-electron chi connectivity index (χ0n) is 14.8. The van der Waals surface area contributed by atoms with Crippen LogP contribution >= 0.6 is 0 Å². The average molecular weight is 374 g/mol. The Kier molecular flexibility index (Phi) is 8.30. The van der Waals surface area contributed by atoms with Gasteiger partial charge in [-0.25, -0.2) is 0 Å². The van der Waals surface area contributed by atoms with Gasteiger partial charge in [-0.2, -0.15) is 10.2 Å². The summed E-state index contributed by atoms with van der Waals surface area (Å²) in [6, 6.07) is 12.9. The standard InChI is InChI=1S/C18H22N4O5/c23-12-9-21(10-13-24)11-14-27-18-7-3-16(4-8-18)20-19-15-1-5-17(6-2-15)22(25)26/h1-8,23-24H,9-14H2. The average Bonchev–Trinajstić information content (AvgIpc) is 2.68. The van der Waals surface area contributed by atoms with E-state index in [-0.39, 0.29) is 18.9 Å². The van der Waals surface area contributed by atoms with Crippen LogP contribution in [0.4, 0.5) is 17.1 Å². The quantitative estimate of drug-likeness (QED) is 0.354. The summed E-state index contributed by atoms with van der Waals surface area (Å²) in [7, 11) is 0. The number of hydrogen-bond acceptors (Lipinski definition) is 8. The Morgan fingerprint density at radius 2 is 1.41 bits per heavy atom. The predicted octanol–water partition coefficient (Wildman–Crippen LogP) is 2.68. The summed E-state index contributed by atoms with van der Waals surface area (Å²) in [5.74, 6) is 0.678. The van der Waals surface area contributed by atoms with Crippen molar-refractivity contribution < 1.29 is 19.9 Å². The van der Waals surface area contributed by atoms with Gasteiger partial charge in [0.2, 0.25) is 0 Å². The van der Waals surface area contributed by atoms with E-state index in [1.807, 2.05) is 4.90 Å². The normalized spacial score (nSPS) is 11.2. The van der Waals surface area contributed by atoms with E-state index < -0.39 is 4.92 Å². The number of nitro benzene ring substituents is 1. The first-order valence-electron chi connectivity index (χ1n) is 8.45. The number of aliphatic hydroxyl groups is 2. The first-order valence-corrected chi connectivity index (χ1v) is 8.45. The summed E-state index contributed by atoms with van der Waals surface area (Å²) in [4.78, 5) is 12.1. The van der Waals surface area contributed by atoms with Gasteiger partial charge in [-0.05, 0) is 36.4 Å². The SMILES string of the molecule is O=[N+]([O-])c1ccc(N=Nc2ccc(OCCN(CCO)CCO)cc2)cc1. The second-order valence-electron chi connectivity index (χ2n) is 5.60. The molecule has 9 nitrogen and oxygen atoms in total. The second-order valence-corrected chi connectivity index (χ2v) is 5.60. The van der Waals surface area contributed by atoms with Crippen molar-refractivity contribution in [3.63, 3.8) is 0 Å². The fraction of sp³-hybridized carbons (Fsp3) is 0.333. The van der Waals surface area contributed by atoms with Crippen LogP contribution in [0.5, 0.6) is 5.75 Å². The molecule has 0 saturated carbocycles. The number of azo groups is 1. The molecule has 2 aromatic rings. The monoisotopic (exact) mass is 374 g/mol. The molecule has 0 unspecified atom stereocenters. The molecule has 0 spiro atoms. The maximum atomic E-state index is 10.6. The second kappa shape index (κ2) is 11.0. The zero-order valence-corrected chi connectivity index (χ0v) is 14.8. The third-order valence-corrected chi connectivity index (χ3v) is 3.69. The molecular weight excluding hydrogens is 352 g/mol. The summed E-state index contributed by atoms with van der Waals surface area (Å²) in [5.41, 5.74) is 1.16.